The smallest absolute Gasteiger partial charge is 0.341 e. The second kappa shape index (κ2) is 7.10. The number of hydrogen-bond donors (Lipinski definition) is 3. The van der Waals surface area contributed by atoms with Crippen molar-refractivity contribution in [2.75, 3.05) is 12.4 Å². The first kappa shape index (κ1) is 15.9. The SMILES string of the molecule is COC(=O)c1c(NC(=S)NCc2ccn[nH]2)sc2c1CCCC2. The minimum absolute atomic E-state index is 0.303. The van der Waals surface area contributed by atoms with E-state index in [0.29, 0.717) is 17.2 Å². The number of thiophene rings is 1. The second-order valence-electron chi connectivity index (χ2n) is 5.30. The van der Waals surface area contributed by atoms with Crippen LogP contribution in [0.3, 0.4) is 0 Å². The number of thiocarbonyl (C=S) groups is 1. The number of esters is 1. The summed E-state index contributed by atoms with van der Waals surface area (Å²) in [5.41, 5.74) is 2.69. The summed E-state index contributed by atoms with van der Waals surface area (Å²) >= 11 is 6.93. The third-order valence-corrected chi connectivity index (χ3v) is 5.24. The van der Waals surface area contributed by atoms with E-state index < -0.39 is 0 Å². The Bertz CT molecular complexity index is 709. The number of anilines is 1. The Morgan fingerprint density at radius 3 is 3.04 bits per heavy atom. The molecule has 0 radical (unpaired) electrons. The van der Waals surface area contributed by atoms with Gasteiger partial charge in [0.05, 0.1) is 24.9 Å². The number of nitrogens with zero attached hydrogens (tertiary/aromatic N) is 1. The number of ether oxygens (including phenoxy) is 1. The molecule has 6 nitrogen and oxygen atoms in total. The molecule has 0 spiro atoms. The number of carbonyl (C=O) groups excluding carboxylic acids is 1. The molecule has 0 aromatic carbocycles. The normalized spacial score (nSPS) is 13.3. The van der Waals surface area contributed by atoms with Gasteiger partial charge in [0.25, 0.3) is 0 Å². The van der Waals surface area contributed by atoms with Crippen LogP contribution in [0, 0.1) is 0 Å². The van der Waals surface area contributed by atoms with Gasteiger partial charge in [0.1, 0.15) is 5.00 Å². The number of H-pyrrole nitrogens is 1. The van der Waals surface area contributed by atoms with Crippen LogP contribution in [0.25, 0.3) is 0 Å². The maximum Gasteiger partial charge on any atom is 0.341 e. The number of aromatic nitrogens is 2. The second-order valence-corrected chi connectivity index (χ2v) is 6.81. The molecule has 1 aliphatic rings. The van der Waals surface area contributed by atoms with E-state index in [4.69, 9.17) is 17.0 Å². The molecule has 122 valence electrons. The first-order valence-electron chi connectivity index (χ1n) is 7.45. The molecule has 0 unspecified atom stereocenters. The zero-order valence-corrected chi connectivity index (χ0v) is 14.4. The van der Waals surface area contributed by atoms with Gasteiger partial charge in [-0.3, -0.25) is 5.10 Å². The van der Waals surface area contributed by atoms with E-state index in [2.05, 4.69) is 20.8 Å². The molecular weight excluding hydrogens is 332 g/mol. The van der Waals surface area contributed by atoms with Gasteiger partial charge in [-0.15, -0.1) is 11.3 Å². The highest BCUT2D eigenvalue weighted by Gasteiger charge is 2.26. The van der Waals surface area contributed by atoms with E-state index in [1.807, 2.05) is 6.07 Å². The number of aryl methyl sites for hydroxylation is 1. The van der Waals surface area contributed by atoms with Crippen LogP contribution in [0.15, 0.2) is 12.3 Å². The first-order valence-corrected chi connectivity index (χ1v) is 8.67. The van der Waals surface area contributed by atoms with Crippen molar-refractivity contribution in [3.8, 4) is 0 Å². The lowest BCUT2D eigenvalue weighted by atomic mass is 9.95. The highest BCUT2D eigenvalue weighted by Crippen LogP contribution is 2.38. The van der Waals surface area contributed by atoms with Crippen LogP contribution >= 0.6 is 23.6 Å². The largest absolute Gasteiger partial charge is 0.465 e. The molecule has 2 aromatic rings. The predicted molar refractivity (Wildman–Crippen MR) is 93.9 cm³/mol. The molecule has 3 rings (SSSR count). The van der Waals surface area contributed by atoms with Gasteiger partial charge < -0.3 is 15.4 Å². The van der Waals surface area contributed by atoms with Gasteiger partial charge in [-0.2, -0.15) is 5.10 Å². The molecule has 2 aromatic heterocycles. The number of carbonyl (C=O) groups is 1. The van der Waals surface area contributed by atoms with Gasteiger partial charge in [0, 0.05) is 11.1 Å². The van der Waals surface area contributed by atoms with E-state index in [9.17, 15) is 4.79 Å². The van der Waals surface area contributed by atoms with Gasteiger partial charge in [-0.25, -0.2) is 4.79 Å². The summed E-state index contributed by atoms with van der Waals surface area (Å²) in [5.74, 6) is -0.303. The van der Waals surface area contributed by atoms with Crippen LogP contribution in [0.1, 0.15) is 39.3 Å². The monoisotopic (exact) mass is 350 g/mol. The molecule has 0 bridgehead atoms. The van der Waals surface area contributed by atoms with Crippen molar-refractivity contribution in [1.29, 1.82) is 0 Å². The van der Waals surface area contributed by atoms with Crippen molar-refractivity contribution < 1.29 is 9.53 Å². The van der Waals surface area contributed by atoms with Gasteiger partial charge in [-0.1, -0.05) is 0 Å². The third kappa shape index (κ3) is 3.53. The van der Waals surface area contributed by atoms with Gasteiger partial charge in [0.2, 0.25) is 0 Å². The predicted octanol–water partition coefficient (Wildman–Crippen LogP) is 2.62. The number of nitrogens with one attached hydrogen (secondary N) is 3. The van der Waals surface area contributed by atoms with E-state index in [0.717, 1.165) is 41.9 Å². The molecule has 23 heavy (non-hydrogen) atoms. The Labute approximate surface area is 143 Å². The topological polar surface area (TPSA) is 79.0 Å². The van der Waals surface area contributed by atoms with E-state index >= 15 is 0 Å². The summed E-state index contributed by atoms with van der Waals surface area (Å²) in [6, 6.07) is 1.87. The van der Waals surface area contributed by atoms with Crippen molar-refractivity contribution in [2.24, 2.45) is 0 Å². The van der Waals surface area contributed by atoms with E-state index in [-0.39, 0.29) is 5.97 Å². The quantitative estimate of drug-likeness (QED) is 0.581. The molecule has 0 atom stereocenters. The van der Waals surface area contributed by atoms with Crippen LogP contribution in [0.5, 0.6) is 0 Å². The van der Waals surface area contributed by atoms with E-state index in [1.165, 1.54) is 12.0 Å². The summed E-state index contributed by atoms with van der Waals surface area (Å²) in [6.07, 6.45) is 5.90. The Balaban J connectivity index is 1.74. The summed E-state index contributed by atoms with van der Waals surface area (Å²) in [5, 5.41) is 14.2. The third-order valence-electron chi connectivity index (χ3n) is 3.79. The summed E-state index contributed by atoms with van der Waals surface area (Å²) in [7, 11) is 1.41. The Morgan fingerprint density at radius 1 is 1.48 bits per heavy atom. The molecular formula is C15H18N4O2S2. The molecule has 2 heterocycles. The molecule has 0 saturated carbocycles. The maximum atomic E-state index is 12.2. The molecule has 0 aliphatic heterocycles. The van der Waals surface area contributed by atoms with Gasteiger partial charge >= 0.3 is 5.97 Å². The van der Waals surface area contributed by atoms with Crippen LogP contribution in [0.4, 0.5) is 5.00 Å². The average Bonchev–Trinajstić information content (AvgIpc) is 3.19. The van der Waals surface area contributed by atoms with Gasteiger partial charge in [-0.05, 0) is 49.5 Å². The highest BCUT2D eigenvalue weighted by atomic mass is 32.1. The number of rotatable bonds is 4. The lowest BCUT2D eigenvalue weighted by Crippen LogP contribution is -2.28. The molecule has 1 aliphatic carbocycles. The fraction of sp³-hybridized carbons (Fsp3) is 0.400. The summed E-state index contributed by atoms with van der Waals surface area (Å²) < 4.78 is 4.95. The van der Waals surface area contributed by atoms with Crippen LogP contribution < -0.4 is 10.6 Å². The molecule has 0 amide bonds. The number of fused-ring (bicyclic) bond motifs is 1. The fourth-order valence-electron chi connectivity index (χ4n) is 2.68. The number of hydrogen-bond acceptors (Lipinski definition) is 5. The number of aromatic amines is 1. The maximum absolute atomic E-state index is 12.2. The Hall–Kier alpha value is -1.93. The minimum Gasteiger partial charge on any atom is -0.465 e. The molecule has 0 fully saturated rings. The van der Waals surface area contributed by atoms with Crippen molar-refractivity contribution in [3.63, 3.8) is 0 Å². The highest BCUT2D eigenvalue weighted by molar-refractivity contribution is 7.80. The minimum atomic E-state index is -0.303. The fourth-order valence-corrected chi connectivity index (χ4v) is 4.20. The molecule has 0 saturated heterocycles. The van der Waals surface area contributed by atoms with Crippen molar-refractivity contribution in [3.05, 3.63) is 34.0 Å². The summed E-state index contributed by atoms with van der Waals surface area (Å²) in [6.45, 7) is 0.546. The standard InChI is InChI=1S/C15H18N4O2S2/c1-21-14(20)12-10-4-2-3-5-11(10)23-13(12)18-15(22)16-8-9-6-7-17-19-9/h6-7H,2-5,8H2,1H3,(H,17,19)(H2,16,18,22). The first-order chi connectivity index (χ1) is 11.2. The van der Waals surface area contributed by atoms with E-state index in [1.54, 1.807) is 17.5 Å². The Kier molecular flexibility index (Phi) is 4.92. The summed E-state index contributed by atoms with van der Waals surface area (Å²) in [4.78, 5) is 13.4. The van der Waals surface area contributed by atoms with Crippen molar-refractivity contribution in [1.82, 2.24) is 15.5 Å². The number of methoxy groups -OCH3 is 1. The van der Waals surface area contributed by atoms with Gasteiger partial charge in [0.15, 0.2) is 5.11 Å². The lowest BCUT2D eigenvalue weighted by molar-refractivity contribution is 0.0601. The van der Waals surface area contributed by atoms with Crippen LogP contribution in [0.2, 0.25) is 0 Å². The van der Waals surface area contributed by atoms with Crippen molar-refractivity contribution >= 4 is 39.6 Å². The lowest BCUT2D eigenvalue weighted by Gasteiger charge is -2.12. The molecule has 3 N–H and O–H groups in total. The Morgan fingerprint density at radius 2 is 2.30 bits per heavy atom. The zero-order valence-electron chi connectivity index (χ0n) is 12.8. The van der Waals surface area contributed by atoms with Crippen molar-refractivity contribution in [2.45, 2.75) is 32.2 Å². The average molecular weight is 350 g/mol. The zero-order chi connectivity index (χ0) is 16.2. The van der Waals surface area contributed by atoms with Crippen LogP contribution in [-0.2, 0) is 24.1 Å². The van der Waals surface area contributed by atoms with Crippen LogP contribution in [-0.4, -0.2) is 28.4 Å². The molecule has 8 heteroatoms.